The lowest BCUT2D eigenvalue weighted by molar-refractivity contribution is 0.0827. The highest BCUT2D eigenvalue weighted by Gasteiger charge is 2.09. The Balaban J connectivity index is 0.00000320. The standard InChI is InChI=1S/C21H25N7O.HI/c1-22-21(23-13-16-9-11-17(12-10-16)20(29)27(2)3)24-14-19-26-25-15-28(19)18-7-5-4-6-8-18;/h4-12,15H,13-14H2,1-3H3,(H2,22,23,24);1H. The zero-order chi connectivity index (χ0) is 20.6. The second-order valence-electron chi connectivity index (χ2n) is 6.63. The molecule has 0 spiro atoms. The van der Waals surface area contributed by atoms with Crippen LogP contribution in [0, 0.1) is 0 Å². The highest BCUT2D eigenvalue weighted by atomic mass is 127. The molecule has 0 aliphatic carbocycles. The van der Waals surface area contributed by atoms with E-state index in [4.69, 9.17) is 0 Å². The van der Waals surface area contributed by atoms with Crippen LogP contribution in [0.1, 0.15) is 21.7 Å². The van der Waals surface area contributed by atoms with Crippen LogP contribution in [0.5, 0.6) is 0 Å². The van der Waals surface area contributed by atoms with E-state index in [9.17, 15) is 4.79 Å². The van der Waals surface area contributed by atoms with E-state index in [1.807, 2.05) is 59.2 Å². The zero-order valence-electron chi connectivity index (χ0n) is 17.2. The Labute approximate surface area is 193 Å². The number of carbonyl (C=O) groups is 1. The fourth-order valence-electron chi connectivity index (χ4n) is 2.78. The summed E-state index contributed by atoms with van der Waals surface area (Å²) in [6.07, 6.45) is 1.69. The molecule has 8 nitrogen and oxygen atoms in total. The summed E-state index contributed by atoms with van der Waals surface area (Å²) in [6, 6.07) is 17.5. The van der Waals surface area contributed by atoms with Crippen LogP contribution in [0.25, 0.3) is 5.69 Å². The minimum absolute atomic E-state index is 0. The highest BCUT2D eigenvalue weighted by Crippen LogP contribution is 2.09. The smallest absolute Gasteiger partial charge is 0.253 e. The maximum absolute atomic E-state index is 12.0. The van der Waals surface area contributed by atoms with E-state index in [-0.39, 0.29) is 29.9 Å². The van der Waals surface area contributed by atoms with E-state index < -0.39 is 0 Å². The number of benzene rings is 2. The molecule has 0 fully saturated rings. The first-order valence-electron chi connectivity index (χ1n) is 9.28. The summed E-state index contributed by atoms with van der Waals surface area (Å²) < 4.78 is 1.93. The molecule has 3 aromatic rings. The summed E-state index contributed by atoms with van der Waals surface area (Å²) in [6.45, 7) is 1.06. The van der Waals surface area contributed by atoms with Gasteiger partial charge in [-0.25, -0.2) is 0 Å². The molecule has 1 aromatic heterocycles. The fourth-order valence-corrected chi connectivity index (χ4v) is 2.78. The summed E-state index contributed by atoms with van der Waals surface area (Å²) >= 11 is 0. The Morgan fingerprint density at radius 3 is 2.33 bits per heavy atom. The molecule has 0 radical (unpaired) electrons. The van der Waals surface area contributed by atoms with Gasteiger partial charge in [0.05, 0.1) is 6.54 Å². The number of aromatic nitrogens is 3. The van der Waals surface area contributed by atoms with E-state index in [0.717, 1.165) is 17.1 Å². The van der Waals surface area contributed by atoms with E-state index >= 15 is 0 Å². The van der Waals surface area contributed by atoms with Gasteiger partial charge in [0.2, 0.25) is 0 Å². The predicted molar refractivity (Wildman–Crippen MR) is 128 cm³/mol. The summed E-state index contributed by atoms with van der Waals surface area (Å²) in [5.41, 5.74) is 2.72. The van der Waals surface area contributed by atoms with Crippen molar-refractivity contribution in [3.8, 4) is 5.69 Å². The molecule has 3 rings (SSSR count). The third-order valence-corrected chi connectivity index (χ3v) is 4.36. The Kier molecular flexibility index (Phi) is 8.78. The zero-order valence-corrected chi connectivity index (χ0v) is 19.6. The molecule has 0 saturated heterocycles. The molecule has 9 heteroatoms. The molecule has 0 unspecified atom stereocenters. The number of carbonyl (C=O) groups excluding carboxylic acids is 1. The van der Waals surface area contributed by atoms with Crippen LogP contribution in [-0.4, -0.2) is 52.7 Å². The van der Waals surface area contributed by atoms with Crippen LogP contribution in [0.2, 0.25) is 0 Å². The van der Waals surface area contributed by atoms with Crippen molar-refractivity contribution in [2.75, 3.05) is 21.1 Å². The number of aliphatic imine (C=N–C) groups is 1. The van der Waals surface area contributed by atoms with Gasteiger partial charge in [-0.05, 0) is 29.8 Å². The molecule has 1 heterocycles. The third kappa shape index (κ3) is 6.02. The molecule has 0 saturated carbocycles. The Morgan fingerprint density at radius 2 is 1.70 bits per heavy atom. The lowest BCUT2D eigenvalue weighted by Crippen LogP contribution is -2.37. The van der Waals surface area contributed by atoms with Crippen molar-refractivity contribution >= 4 is 35.8 Å². The van der Waals surface area contributed by atoms with Gasteiger partial charge in [-0.2, -0.15) is 0 Å². The average Bonchev–Trinajstić information content (AvgIpc) is 3.23. The first-order valence-corrected chi connectivity index (χ1v) is 9.28. The molecule has 0 atom stereocenters. The second kappa shape index (κ2) is 11.3. The predicted octanol–water partition coefficient (Wildman–Crippen LogP) is 2.45. The molecule has 2 aromatic carbocycles. The van der Waals surface area contributed by atoms with Gasteiger partial charge in [0, 0.05) is 38.9 Å². The molecule has 158 valence electrons. The number of halogens is 1. The first kappa shape index (κ1) is 23.3. The average molecular weight is 519 g/mol. The van der Waals surface area contributed by atoms with Crippen LogP contribution in [0.3, 0.4) is 0 Å². The summed E-state index contributed by atoms with van der Waals surface area (Å²) in [5.74, 6) is 1.43. The topological polar surface area (TPSA) is 87.4 Å². The maximum Gasteiger partial charge on any atom is 0.253 e. The molecule has 0 bridgehead atoms. The molecule has 0 aliphatic heterocycles. The lowest BCUT2D eigenvalue weighted by Gasteiger charge is -2.13. The Hall–Kier alpha value is -2.95. The fraction of sp³-hybridized carbons (Fsp3) is 0.238. The Morgan fingerprint density at radius 1 is 1.03 bits per heavy atom. The minimum atomic E-state index is -0.00971. The van der Waals surface area contributed by atoms with Crippen molar-refractivity contribution in [2.45, 2.75) is 13.1 Å². The number of amides is 1. The number of guanidine groups is 1. The Bertz CT molecular complexity index is 969. The van der Waals surface area contributed by atoms with Crippen LogP contribution < -0.4 is 10.6 Å². The van der Waals surface area contributed by atoms with E-state index in [0.29, 0.717) is 24.6 Å². The van der Waals surface area contributed by atoms with Gasteiger partial charge in [-0.15, -0.1) is 34.2 Å². The van der Waals surface area contributed by atoms with E-state index in [2.05, 4.69) is 25.8 Å². The monoisotopic (exact) mass is 519 g/mol. The van der Waals surface area contributed by atoms with Gasteiger partial charge in [-0.1, -0.05) is 30.3 Å². The number of nitrogens with zero attached hydrogens (tertiary/aromatic N) is 5. The molecule has 0 aliphatic rings. The van der Waals surface area contributed by atoms with Crippen molar-refractivity contribution in [2.24, 2.45) is 4.99 Å². The van der Waals surface area contributed by atoms with Gasteiger partial charge in [-0.3, -0.25) is 14.4 Å². The molecular formula is C21H26IN7O. The van der Waals surface area contributed by atoms with Crippen molar-refractivity contribution in [1.29, 1.82) is 0 Å². The van der Waals surface area contributed by atoms with Gasteiger partial charge in [0.1, 0.15) is 6.33 Å². The molecule has 2 N–H and O–H groups in total. The largest absolute Gasteiger partial charge is 0.352 e. The maximum atomic E-state index is 12.0. The quantitative estimate of drug-likeness (QED) is 0.297. The number of hydrogen-bond donors (Lipinski definition) is 2. The highest BCUT2D eigenvalue weighted by molar-refractivity contribution is 14.0. The number of hydrogen-bond acceptors (Lipinski definition) is 4. The molecular weight excluding hydrogens is 493 g/mol. The molecule has 30 heavy (non-hydrogen) atoms. The normalized spacial score (nSPS) is 10.8. The van der Waals surface area contributed by atoms with Gasteiger partial charge in [0.15, 0.2) is 11.8 Å². The second-order valence-corrected chi connectivity index (χ2v) is 6.63. The van der Waals surface area contributed by atoms with Gasteiger partial charge in [0.25, 0.3) is 5.91 Å². The SMILES string of the molecule is CN=C(NCc1ccc(C(=O)N(C)C)cc1)NCc1nncn1-c1ccccc1.I. The van der Waals surface area contributed by atoms with Crippen LogP contribution in [0.4, 0.5) is 0 Å². The number of para-hydroxylation sites is 1. The van der Waals surface area contributed by atoms with Crippen molar-refractivity contribution < 1.29 is 4.79 Å². The lowest BCUT2D eigenvalue weighted by atomic mass is 10.1. The summed E-state index contributed by atoms with van der Waals surface area (Å²) in [4.78, 5) is 17.8. The first-order chi connectivity index (χ1) is 14.1. The van der Waals surface area contributed by atoms with Crippen molar-refractivity contribution in [1.82, 2.24) is 30.3 Å². The third-order valence-electron chi connectivity index (χ3n) is 4.36. The van der Waals surface area contributed by atoms with Crippen LogP contribution in [0.15, 0.2) is 65.9 Å². The van der Waals surface area contributed by atoms with Gasteiger partial charge < -0.3 is 15.5 Å². The van der Waals surface area contributed by atoms with E-state index in [1.54, 1.807) is 32.4 Å². The van der Waals surface area contributed by atoms with Crippen LogP contribution in [-0.2, 0) is 13.1 Å². The number of nitrogens with one attached hydrogen (secondary N) is 2. The van der Waals surface area contributed by atoms with Crippen molar-refractivity contribution in [3.63, 3.8) is 0 Å². The van der Waals surface area contributed by atoms with Crippen molar-refractivity contribution in [3.05, 3.63) is 77.9 Å². The molecule has 1 amide bonds. The summed E-state index contributed by atoms with van der Waals surface area (Å²) in [5, 5.41) is 14.7. The number of rotatable bonds is 6. The minimum Gasteiger partial charge on any atom is -0.352 e. The van der Waals surface area contributed by atoms with Gasteiger partial charge >= 0.3 is 0 Å². The van der Waals surface area contributed by atoms with Crippen LogP contribution >= 0.6 is 24.0 Å². The summed E-state index contributed by atoms with van der Waals surface area (Å²) in [7, 11) is 5.20. The van der Waals surface area contributed by atoms with E-state index in [1.165, 1.54) is 0 Å².